The highest BCUT2D eigenvalue weighted by atomic mass is 19.1. The van der Waals surface area contributed by atoms with Crippen molar-refractivity contribution >= 4 is 17.5 Å². The first-order valence-electron chi connectivity index (χ1n) is 13.1. The summed E-state index contributed by atoms with van der Waals surface area (Å²) in [7, 11) is 4.19. The molecule has 8 nitrogen and oxygen atoms in total. The number of anilines is 3. The predicted molar refractivity (Wildman–Crippen MR) is 145 cm³/mol. The van der Waals surface area contributed by atoms with Crippen molar-refractivity contribution in [2.45, 2.75) is 38.6 Å². The summed E-state index contributed by atoms with van der Waals surface area (Å²) < 4.78 is 35.3. The molecular weight excluding hydrogens is 488 g/mol. The molecule has 0 saturated carbocycles. The highest BCUT2D eigenvalue weighted by Gasteiger charge is 2.26. The zero-order valence-corrected chi connectivity index (χ0v) is 22.4. The van der Waals surface area contributed by atoms with E-state index in [1.54, 1.807) is 6.07 Å². The van der Waals surface area contributed by atoms with Crippen molar-refractivity contribution in [1.29, 1.82) is 0 Å². The van der Waals surface area contributed by atoms with Gasteiger partial charge in [-0.25, -0.2) is 23.7 Å². The number of likely N-dealkylation sites (tertiary alicyclic amines) is 1. The van der Waals surface area contributed by atoms with E-state index < -0.39 is 11.6 Å². The molecule has 10 heteroatoms. The van der Waals surface area contributed by atoms with E-state index >= 15 is 0 Å². The Hall–Kier alpha value is -3.37. The van der Waals surface area contributed by atoms with Gasteiger partial charge in [-0.2, -0.15) is 0 Å². The number of halogens is 2. The molecule has 0 bridgehead atoms. The second-order valence-electron chi connectivity index (χ2n) is 10.5. The van der Waals surface area contributed by atoms with E-state index in [4.69, 9.17) is 4.74 Å². The highest BCUT2D eigenvalue weighted by Crippen LogP contribution is 2.39. The molecule has 0 spiro atoms. The summed E-state index contributed by atoms with van der Waals surface area (Å²) in [6.07, 6.45) is 5.18. The summed E-state index contributed by atoms with van der Waals surface area (Å²) in [4.78, 5) is 19.7. The minimum atomic E-state index is -0.633. The molecule has 1 N–H and O–H groups in total. The fourth-order valence-electron chi connectivity index (χ4n) is 5.25. The zero-order valence-electron chi connectivity index (χ0n) is 22.4. The van der Waals surface area contributed by atoms with Crippen LogP contribution in [0.5, 0.6) is 5.75 Å². The molecule has 2 aliphatic heterocycles. The lowest BCUT2D eigenvalue weighted by Gasteiger charge is -2.34. The van der Waals surface area contributed by atoms with Crippen molar-refractivity contribution in [1.82, 2.24) is 24.8 Å². The molecule has 202 valence electrons. The molecule has 1 saturated heterocycles. The van der Waals surface area contributed by atoms with Gasteiger partial charge in [0.25, 0.3) is 0 Å². The number of hydrogen-bond acceptors (Lipinski definition) is 8. The Morgan fingerprint density at radius 3 is 2.53 bits per heavy atom. The van der Waals surface area contributed by atoms with Gasteiger partial charge in [-0.1, -0.05) is 6.07 Å². The molecule has 5 rings (SSSR count). The molecule has 0 unspecified atom stereocenters. The summed E-state index contributed by atoms with van der Waals surface area (Å²) in [5.41, 5.74) is 2.14. The molecule has 0 atom stereocenters. The van der Waals surface area contributed by atoms with Gasteiger partial charge in [0.15, 0.2) is 17.4 Å². The molecular formula is C28H35F2N7O. The van der Waals surface area contributed by atoms with E-state index in [0.29, 0.717) is 36.1 Å². The molecule has 0 aliphatic carbocycles. The van der Waals surface area contributed by atoms with Crippen LogP contribution in [0.3, 0.4) is 0 Å². The first-order valence-corrected chi connectivity index (χ1v) is 13.1. The topological polar surface area (TPSA) is 69.7 Å². The fourth-order valence-corrected chi connectivity index (χ4v) is 5.25. The van der Waals surface area contributed by atoms with Crippen molar-refractivity contribution in [2.24, 2.45) is 0 Å². The van der Waals surface area contributed by atoms with Gasteiger partial charge in [0, 0.05) is 17.8 Å². The molecule has 0 amide bonds. The molecule has 2 aliphatic rings. The van der Waals surface area contributed by atoms with E-state index in [9.17, 15) is 8.78 Å². The molecule has 1 aromatic carbocycles. The van der Waals surface area contributed by atoms with E-state index in [2.05, 4.69) is 50.2 Å². The van der Waals surface area contributed by atoms with Gasteiger partial charge in [-0.05, 0) is 83.6 Å². The quantitative estimate of drug-likeness (QED) is 0.471. The van der Waals surface area contributed by atoms with Crippen LogP contribution in [-0.4, -0.2) is 77.8 Å². The zero-order chi connectivity index (χ0) is 26.8. The number of benzene rings is 1. The number of nitrogens with zero attached hydrogens (tertiary/aromatic N) is 6. The van der Waals surface area contributed by atoms with Crippen LogP contribution in [0.15, 0.2) is 36.7 Å². The Morgan fingerprint density at radius 1 is 1.05 bits per heavy atom. The van der Waals surface area contributed by atoms with Crippen molar-refractivity contribution < 1.29 is 13.5 Å². The Kier molecular flexibility index (Phi) is 7.71. The fraction of sp³-hybridized carbons (Fsp3) is 0.464. The van der Waals surface area contributed by atoms with Crippen LogP contribution in [0.1, 0.15) is 38.2 Å². The van der Waals surface area contributed by atoms with Gasteiger partial charge in [0.2, 0.25) is 5.95 Å². The van der Waals surface area contributed by atoms with Gasteiger partial charge in [0.05, 0.1) is 25.1 Å². The van der Waals surface area contributed by atoms with E-state index in [1.165, 1.54) is 11.6 Å². The number of piperidine rings is 1. The Morgan fingerprint density at radius 2 is 1.84 bits per heavy atom. The van der Waals surface area contributed by atoms with Gasteiger partial charge in [0.1, 0.15) is 18.1 Å². The second-order valence-corrected chi connectivity index (χ2v) is 10.5. The minimum absolute atomic E-state index is 0.0135. The van der Waals surface area contributed by atoms with Crippen LogP contribution >= 0.6 is 0 Å². The number of aromatic nitrogens is 3. The van der Waals surface area contributed by atoms with Crippen molar-refractivity contribution in [3.8, 4) is 17.0 Å². The summed E-state index contributed by atoms with van der Waals surface area (Å²) >= 11 is 0. The standard InChI is InChI=1S/C28H35F2N7O/c1-18(2)37-11-12-38-27-22(29)13-21(14-24(27)37)26-23(30)16-32-28(34-26)33-25-6-5-20(15-31-25)19-7-9-36(10-8-19)17-35(3)4/h5-6,13-16,18-19H,7-12,17H2,1-4H3,(H,31,32,33,34). The SMILES string of the molecule is CC(C)N1CCOc2c(F)cc(-c3nc(Nc4ccc(C5CCN(CN(C)C)CC5)cn4)ncc3F)cc21. The number of rotatable bonds is 7. The van der Waals surface area contributed by atoms with Crippen molar-refractivity contribution in [3.05, 3.63) is 53.9 Å². The number of fused-ring (bicyclic) bond motifs is 1. The number of nitrogens with one attached hydrogen (secondary N) is 1. The minimum Gasteiger partial charge on any atom is -0.486 e. The predicted octanol–water partition coefficient (Wildman–Crippen LogP) is 4.87. The molecule has 38 heavy (non-hydrogen) atoms. The van der Waals surface area contributed by atoms with Crippen LogP contribution in [0, 0.1) is 11.6 Å². The van der Waals surface area contributed by atoms with Crippen LogP contribution in [0.4, 0.5) is 26.2 Å². The van der Waals surface area contributed by atoms with Gasteiger partial charge < -0.3 is 15.0 Å². The Labute approximate surface area is 222 Å². The average molecular weight is 524 g/mol. The molecule has 0 radical (unpaired) electrons. The molecule has 2 aromatic heterocycles. The van der Waals surface area contributed by atoms with E-state index in [1.807, 2.05) is 31.0 Å². The van der Waals surface area contributed by atoms with E-state index in [-0.39, 0.29) is 23.4 Å². The third-order valence-corrected chi connectivity index (χ3v) is 7.12. The first kappa shape index (κ1) is 26.2. The largest absolute Gasteiger partial charge is 0.486 e. The summed E-state index contributed by atoms with van der Waals surface area (Å²) in [5.74, 6) is 0.249. The highest BCUT2D eigenvalue weighted by molar-refractivity contribution is 5.73. The molecule has 1 fully saturated rings. The van der Waals surface area contributed by atoms with Crippen molar-refractivity contribution in [3.63, 3.8) is 0 Å². The van der Waals surface area contributed by atoms with Crippen LogP contribution < -0.4 is 15.0 Å². The lowest BCUT2D eigenvalue weighted by atomic mass is 9.90. The Balaban J connectivity index is 1.32. The molecule has 3 aromatic rings. The second kappa shape index (κ2) is 11.2. The van der Waals surface area contributed by atoms with Crippen LogP contribution in [-0.2, 0) is 0 Å². The van der Waals surface area contributed by atoms with Gasteiger partial charge in [-0.3, -0.25) is 9.80 Å². The number of ether oxygens (including phenoxy) is 1. The van der Waals surface area contributed by atoms with Crippen LogP contribution in [0.25, 0.3) is 11.3 Å². The number of pyridine rings is 1. The normalized spacial score (nSPS) is 16.6. The van der Waals surface area contributed by atoms with E-state index in [0.717, 1.165) is 38.8 Å². The maximum absolute atomic E-state index is 15.0. The average Bonchev–Trinajstić information content (AvgIpc) is 2.90. The van der Waals surface area contributed by atoms with Gasteiger partial charge >= 0.3 is 0 Å². The smallest absolute Gasteiger partial charge is 0.229 e. The van der Waals surface area contributed by atoms with Gasteiger partial charge in [-0.15, -0.1) is 0 Å². The third-order valence-electron chi connectivity index (χ3n) is 7.12. The maximum atomic E-state index is 15.0. The summed E-state index contributed by atoms with van der Waals surface area (Å²) in [6.45, 7) is 8.20. The van der Waals surface area contributed by atoms with Crippen LogP contribution in [0.2, 0.25) is 0 Å². The first-order chi connectivity index (χ1) is 18.3. The summed E-state index contributed by atoms with van der Waals surface area (Å²) in [6, 6.07) is 7.09. The lowest BCUT2D eigenvalue weighted by Crippen LogP contribution is -2.39. The molecule has 4 heterocycles. The number of hydrogen-bond donors (Lipinski definition) is 1. The summed E-state index contributed by atoms with van der Waals surface area (Å²) in [5, 5.41) is 3.06. The Bertz CT molecular complexity index is 1260. The lowest BCUT2D eigenvalue weighted by molar-refractivity contribution is 0.141. The third kappa shape index (κ3) is 5.71. The monoisotopic (exact) mass is 523 g/mol. The maximum Gasteiger partial charge on any atom is 0.229 e. The van der Waals surface area contributed by atoms with Crippen molar-refractivity contribution in [2.75, 3.05) is 57.2 Å².